The van der Waals surface area contributed by atoms with Gasteiger partial charge in [0.05, 0.1) is 0 Å². The largest absolute Gasteiger partial charge is 0.342 e. The molecule has 1 aliphatic heterocycles. The van der Waals surface area contributed by atoms with Crippen LogP contribution in [0.1, 0.15) is 38.7 Å². The summed E-state index contributed by atoms with van der Waals surface area (Å²) in [5.41, 5.74) is -0.0974. The van der Waals surface area contributed by atoms with Crippen molar-refractivity contribution in [3.63, 3.8) is 0 Å². The first kappa shape index (κ1) is 15.5. The predicted molar refractivity (Wildman–Crippen MR) is 77.9 cm³/mol. The Hall–Kier alpha value is -1.91. The van der Waals surface area contributed by atoms with Crippen molar-refractivity contribution >= 4 is 11.8 Å². The summed E-state index contributed by atoms with van der Waals surface area (Å²) in [7, 11) is 0. The minimum absolute atomic E-state index is 0.0809. The van der Waals surface area contributed by atoms with Crippen molar-refractivity contribution in [1.82, 2.24) is 10.2 Å². The molecule has 0 aromatic heterocycles. The number of rotatable bonds is 4. The fraction of sp³-hybridized carbons (Fsp3) is 0.500. The number of benzene rings is 1. The van der Waals surface area contributed by atoms with Gasteiger partial charge >= 0.3 is 0 Å². The van der Waals surface area contributed by atoms with Crippen LogP contribution in [-0.4, -0.2) is 28.8 Å². The lowest BCUT2D eigenvalue weighted by molar-refractivity contribution is -0.139. The molecule has 114 valence electrons. The van der Waals surface area contributed by atoms with Crippen LogP contribution in [0.2, 0.25) is 0 Å². The lowest BCUT2D eigenvalue weighted by Crippen LogP contribution is -2.56. The number of halogens is 1. The molecule has 1 aromatic rings. The zero-order valence-corrected chi connectivity index (χ0v) is 12.5. The highest BCUT2D eigenvalue weighted by Gasteiger charge is 2.41. The number of nitrogens with one attached hydrogen (secondary N) is 1. The van der Waals surface area contributed by atoms with E-state index >= 15 is 0 Å². The lowest BCUT2D eigenvalue weighted by atomic mass is 9.91. The van der Waals surface area contributed by atoms with Gasteiger partial charge in [0.2, 0.25) is 11.8 Å². The smallest absolute Gasteiger partial charge is 0.248 e. The van der Waals surface area contributed by atoms with E-state index in [-0.39, 0.29) is 24.1 Å². The van der Waals surface area contributed by atoms with E-state index in [1.807, 2.05) is 13.8 Å². The van der Waals surface area contributed by atoms with Gasteiger partial charge in [-0.25, -0.2) is 4.39 Å². The molecule has 0 radical (unpaired) electrons. The molecule has 1 N–H and O–H groups in total. The average molecular weight is 292 g/mol. The molecule has 1 aromatic carbocycles. The van der Waals surface area contributed by atoms with Gasteiger partial charge in [-0.1, -0.05) is 26.0 Å². The molecular weight excluding hydrogens is 271 g/mol. The first-order valence-electron chi connectivity index (χ1n) is 7.35. The van der Waals surface area contributed by atoms with Crippen LogP contribution in [0.15, 0.2) is 24.3 Å². The maximum Gasteiger partial charge on any atom is 0.248 e. The van der Waals surface area contributed by atoms with Crippen LogP contribution in [0.3, 0.4) is 0 Å². The van der Waals surface area contributed by atoms with Gasteiger partial charge in [-0.15, -0.1) is 0 Å². The summed E-state index contributed by atoms with van der Waals surface area (Å²) in [6.07, 6.45) is 1.38. The van der Waals surface area contributed by atoms with Crippen LogP contribution in [0.5, 0.6) is 0 Å². The van der Waals surface area contributed by atoms with Gasteiger partial charge in [-0.05, 0) is 30.5 Å². The maximum atomic E-state index is 13.3. The summed E-state index contributed by atoms with van der Waals surface area (Å²) in [5.74, 6) is -0.502. The SMILES string of the molecule is CCC1(CC)NC(=O)CCN(Cc2cccc(F)c2)C1=O. The Bertz CT molecular complexity index is 541. The van der Waals surface area contributed by atoms with E-state index in [9.17, 15) is 14.0 Å². The van der Waals surface area contributed by atoms with Gasteiger partial charge in [0, 0.05) is 19.5 Å². The minimum atomic E-state index is -0.832. The molecule has 4 nitrogen and oxygen atoms in total. The van der Waals surface area contributed by atoms with Crippen molar-refractivity contribution in [3.05, 3.63) is 35.6 Å². The second-order valence-electron chi connectivity index (χ2n) is 5.44. The van der Waals surface area contributed by atoms with E-state index in [0.29, 0.717) is 25.9 Å². The summed E-state index contributed by atoms with van der Waals surface area (Å²) in [4.78, 5) is 26.3. The highest BCUT2D eigenvalue weighted by Crippen LogP contribution is 2.23. The number of carbonyl (C=O) groups is 2. The van der Waals surface area contributed by atoms with Gasteiger partial charge in [-0.2, -0.15) is 0 Å². The molecule has 5 heteroatoms. The standard InChI is InChI=1S/C16H21FN2O2/c1-3-16(4-2)15(21)19(9-8-14(20)18-16)11-12-6-5-7-13(17)10-12/h5-7,10H,3-4,8-9,11H2,1-2H3,(H,18,20). The zero-order valence-electron chi connectivity index (χ0n) is 12.5. The summed E-state index contributed by atoms with van der Waals surface area (Å²) < 4.78 is 13.3. The van der Waals surface area contributed by atoms with Crippen LogP contribution in [0.25, 0.3) is 0 Å². The molecule has 1 aliphatic rings. The van der Waals surface area contributed by atoms with E-state index in [1.165, 1.54) is 12.1 Å². The minimum Gasteiger partial charge on any atom is -0.342 e. The van der Waals surface area contributed by atoms with Crippen LogP contribution in [0.4, 0.5) is 4.39 Å². The summed E-state index contributed by atoms with van der Waals surface area (Å²) in [6, 6.07) is 6.22. The Morgan fingerprint density at radius 3 is 2.62 bits per heavy atom. The molecule has 0 aliphatic carbocycles. The van der Waals surface area contributed by atoms with Gasteiger partial charge in [0.1, 0.15) is 11.4 Å². The normalized spacial score (nSPS) is 18.3. The second kappa shape index (κ2) is 6.24. The third kappa shape index (κ3) is 3.23. The van der Waals surface area contributed by atoms with E-state index in [0.717, 1.165) is 5.56 Å². The monoisotopic (exact) mass is 292 g/mol. The molecular formula is C16H21FN2O2. The second-order valence-corrected chi connectivity index (χ2v) is 5.44. The Morgan fingerprint density at radius 2 is 2.00 bits per heavy atom. The van der Waals surface area contributed by atoms with Crippen molar-refractivity contribution in [1.29, 1.82) is 0 Å². The zero-order chi connectivity index (χ0) is 15.5. The van der Waals surface area contributed by atoms with E-state index in [4.69, 9.17) is 0 Å². The molecule has 0 saturated carbocycles. The molecule has 0 bridgehead atoms. The number of carbonyl (C=O) groups excluding carboxylic acids is 2. The Balaban J connectivity index is 2.25. The molecule has 21 heavy (non-hydrogen) atoms. The third-order valence-electron chi connectivity index (χ3n) is 4.15. The van der Waals surface area contributed by atoms with Crippen LogP contribution < -0.4 is 5.32 Å². The molecule has 2 amide bonds. The topological polar surface area (TPSA) is 49.4 Å². The first-order chi connectivity index (χ1) is 10.0. The quantitative estimate of drug-likeness (QED) is 0.925. The number of hydrogen-bond acceptors (Lipinski definition) is 2. The van der Waals surface area contributed by atoms with Gasteiger partial charge in [0.25, 0.3) is 0 Å². The van der Waals surface area contributed by atoms with Gasteiger partial charge in [-0.3, -0.25) is 9.59 Å². The Labute approximate surface area is 124 Å². The van der Waals surface area contributed by atoms with Crippen molar-refractivity contribution in [3.8, 4) is 0 Å². The van der Waals surface area contributed by atoms with Gasteiger partial charge in [0.15, 0.2) is 0 Å². The average Bonchev–Trinajstić information content (AvgIpc) is 2.59. The van der Waals surface area contributed by atoms with Gasteiger partial charge < -0.3 is 10.2 Å². The number of hydrogen-bond donors (Lipinski definition) is 1. The summed E-state index contributed by atoms with van der Waals surface area (Å²) >= 11 is 0. The number of nitrogens with zero attached hydrogens (tertiary/aromatic N) is 1. The fourth-order valence-electron chi connectivity index (χ4n) is 2.76. The molecule has 0 atom stereocenters. The van der Waals surface area contributed by atoms with Crippen molar-refractivity contribution in [2.24, 2.45) is 0 Å². The Morgan fingerprint density at radius 1 is 1.29 bits per heavy atom. The molecule has 0 spiro atoms. The molecule has 2 rings (SSSR count). The number of amides is 2. The highest BCUT2D eigenvalue weighted by atomic mass is 19.1. The van der Waals surface area contributed by atoms with Crippen LogP contribution >= 0.6 is 0 Å². The molecule has 1 heterocycles. The molecule has 0 unspecified atom stereocenters. The summed E-state index contributed by atoms with van der Waals surface area (Å²) in [5, 5.41) is 2.86. The highest BCUT2D eigenvalue weighted by molar-refractivity contribution is 5.93. The maximum absolute atomic E-state index is 13.3. The molecule has 1 saturated heterocycles. The lowest BCUT2D eigenvalue weighted by Gasteiger charge is -2.33. The first-order valence-corrected chi connectivity index (χ1v) is 7.35. The van der Waals surface area contributed by atoms with E-state index < -0.39 is 5.54 Å². The third-order valence-corrected chi connectivity index (χ3v) is 4.15. The van der Waals surface area contributed by atoms with Crippen molar-refractivity contribution in [2.45, 2.75) is 45.2 Å². The molecule has 1 fully saturated rings. The van der Waals surface area contributed by atoms with Crippen molar-refractivity contribution in [2.75, 3.05) is 6.54 Å². The van der Waals surface area contributed by atoms with E-state index in [2.05, 4.69) is 5.32 Å². The Kier molecular flexibility index (Phi) is 4.60. The fourth-order valence-corrected chi connectivity index (χ4v) is 2.76. The predicted octanol–water partition coefficient (Wildman–Crippen LogP) is 2.23. The van der Waals surface area contributed by atoms with Crippen LogP contribution in [0, 0.1) is 5.82 Å². The van der Waals surface area contributed by atoms with E-state index in [1.54, 1.807) is 17.0 Å². The van der Waals surface area contributed by atoms with Crippen molar-refractivity contribution < 1.29 is 14.0 Å². The summed E-state index contributed by atoms with van der Waals surface area (Å²) in [6.45, 7) is 4.48. The van der Waals surface area contributed by atoms with Crippen LogP contribution in [-0.2, 0) is 16.1 Å².